The summed E-state index contributed by atoms with van der Waals surface area (Å²) in [5.41, 5.74) is 5.63. The third kappa shape index (κ3) is 9.92. The highest BCUT2D eigenvalue weighted by Gasteiger charge is 2.23. The maximum absolute atomic E-state index is 12.6. The van der Waals surface area contributed by atoms with Crippen molar-refractivity contribution in [1.29, 1.82) is 0 Å². The Morgan fingerprint density at radius 3 is 2.33 bits per heavy atom. The van der Waals surface area contributed by atoms with Crippen LogP contribution >= 0.6 is 0 Å². The van der Waals surface area contributed by atoms with Gasteiger partial charge in [-0.25, -0.2) is 24.5 Å². The zero-order chi connectivity index (χ0) is 26.9. The number of aromatic nitrogens is 4. The van der Waals surface area contributed by atoms with Crippen LogP contribution in [0.15, 0.2) is 12.7 Å². The van der Waals surface area contributed by atoms with Crippen LogP contribution in [0, 0.1) is 0 Å². The van der Waals surface area contributed by atoms with Gasteiger partial charge in [0.25, 0.3) is 0 Å². The molecule has 2 heterocycles. The van der Waals surface area contributed by atoms with Crippen molar-refractivity contribution in [2.45, 2.75) is 72.1 Å². The molecule has 0 spiro atoms. The van der Waals surface area contributed by atoms with E-state index in [0.717, 1.165) is 0 Å². The minimum absolute atomic E-state index is 0.0958. The first-order valence-corrected chi connectivity index (χ1v) is 11.9. The number of hydrogen-bond donors (Lipinski definition) is 3. The molecule has 0 aromatic carbocycles. The van der Waals surface area contributed by atoms with Crippen molar-refractivity contribution in [3.8, 4) is 0 Å². The lowest BCUT2D eigenvalue weighted by Crippen LogP contribution is -2.41. The van der Waals surface area contributed by atoms with Crippen molar-refractivity contribution >= 4 is 35.1 Å². The zero-order valence-corrected chi connectivity index (χ0v) is 22.0. The molecule has 2 rings (SSSR count). The van der Waals surface area contributed by atoms with Crippen LogP contribution in [0.3, 0.4) is 0 Å². The minimum atomic E-state index is -0.674. The van der Waals surface area contributed by atoms with Crippen molar-refractivity contribution in [2.75, 3.05) is 31.9 Å². The van der Waals surface area contributed by atoms with Crippen LogP contribution in [0.5, 0.6) is 0 Å². The van der Waals surface area contributed by atoms with Crippen molar-refractivity contribution in [3.63, 3.8) is 0 Å². The number of imidazole rings is 1. The lowest BCUT2D eigenvalue weighted by Gasteiger charge is -2.27. The van der Waals surface area contributed by atoms with E-state index in [-0.39, 0.29) is 18.9 Å². The van der Waals surface area contributed by atoms with Crippen LogP contribution in [0.4, 0.5) is 15.4 Å². The summed E-state index contributed by atoms with van der Waals surface area (Å²) in [5.74, 6) is 0.0836. The molecule has 0 saturated heterocycles. The summed E-state index contributed by atoms with van der Waals surface area (Å²) in [6.45, 7) is 12.3. The number of nitrogen functional groups attached to an aromatic ring is 1. The van der Waals surface area contributed by atoms with E-state index in [2.05, 4.69) is 25.6 Å². The second-order valence-electron chi connectivity index (χ2n) is 10.2. The van der Waals surface area contributed by atoms with Gasteiger partial charge in [0, 0.05) is 39.1 Å². The monoisotopic (exact) mass is 506 g/mol. The number of hydrogen-bond acceptors (Lipinski definition) is 9. The van der Waals surface area contributed by atoms with Crippen molar-refractivity contribution < 1.29 is 23.9 Å². The second-order valence-corrected chi connectivity index (χ2v) is 10.2. The highest BCUT2D eigenvalue weighted by molar-refractivity contribution is 5.81. The fourth-order valence-electron chi connectivity index (χ4n) is 3.10. The molecular formula is C23H38N8O5. The minimum Gasteiger partial charge on any atom is -0.444 e. The summed E-state index contributed by atoms with van der Waals surface area (Å²) in [4.78, 5) is 50.6. The van der Waals surface area contributed by atoms with Gasteiger partial charge in [-0.15, -0.1) is 0 Å². The molecule has 3 amide bonds. The quantitative estimate of drug-likeness (QED) is 0.409. The standard InChI is InChI=1S/C23H38N8O5/c1-22(2,3)35-20(33)26-9-7-11-30(21(34)36-23(4,5)6)12-8-16(32)25-10-13-31-15-29-17-18(24)27-14-28-19(17)31/h14-15H,7-13H2,1-6H3,(H,25,32)(H,26,33)(H2,24,27,28). The Hall–Kier alpha value is -3.64. The Morgan fingerprint density at radius 1 is 0.972 bits per heavy atom. The maximum Gasteiger partial charge on any atom is 0.410 e. The number of rotatable bonds is 10. The predicted molar refractivity (Wildman–Crippen MR) is 134 cm³/mol. The highest BCUT2D eigenvalue weighted by Crippen LogP contribution is 2.14. The molecule has 13 nitrogen and oxygen atoms in total. The zero-order valence-electron chi connectivity index (χ0n) is 22.0. The fraction of sp³-hybridized carbons (Fsp3) is 0.652. The topological polar surface area (TPSA) is 167 Å². The first kappa shape index (κ1) is 28.6. The third-order valence-corrected chi connectivity index (χ3v) is 4.64. The average molecular weight is 507 g/mol. The number of anilines is 1. The van der Waals surface area contributed by atoms with Gasteiger partial charge in [0.05, 0.1) is 6.33 Å². The summed E-state index contributed by atoms with van der Waals surface area (Å²) in [6.07, 6.45) is 2.48. The van der Waals surface area contributed by atoms with E-state index < -0.39 is 23.4 Å². The van der Waals surface area contributed by atoms with Crippen LogP contribution in [0.25, 0.3) is 11.2 Å². The van der Waals surface area contributed by atoms with Crippen LogP contribution < -0.4 is 16.4 Å². The van der Waals surface area contributed by atoms with Gasteiger partial charge in [-0.3, -0.25) is 4.79 Å². The normalized spacial score (nSPS) is 11.7. The molecule has 0 bridgehead atoms. The molecule has 0 fully saturated rings. The van der Waals surface area contributed by atoms with Crippen LogP contribution in [0.1, 0.15) is 54.4 Å². The first-order valence-electron chi connectivity index (χ1n) is 11.9. The second kappa shape index (κ2) is 12.4. The Morgan fingerprint density at radius 2 is 1.67 bits per heavy atom. The van der Waals surface area contributed by atoms with E-state index in [9.17, 15) is 14.4 Å². The summed E-state index contributed by atoms with van der Waals surface area (Å²) < 4.78 is 12.4. The summed E-state index contributed by atoms with van der Waals surface area (Å²) in [7, 11) is 0. The van der Waals surface area contributed by atoms with Gasteiger partial charge in [-0.2, -0.15) is 0 Å². The van der Waals surface area contributed by atoms with Gasteiger partial charge in [-0.05, 0) is 48.0 Å². The number of ether oxygens (including phenoxy) is 2. The molecule has 2 aromatic rings. The van der Waals surface area contributed by atoms with Crippen molar-refractivity contribution in [2.24, 2.45) is 0 Å². The molecule has 0 aliphatic heterocycles. The lowest BCUT2D eigenvalue weighted by molar-refractivity contribution is -0.121. The van der Waals surface area contributed by atoms with Gasteiger partial charge in [0.15, 0.2) is 11.5 Å². The Labute approximate surface area is 211 Å². The van der Waals surface area contributed by atoms with Crippen LogP contribution in [0.2, 0.25) is 0 Å². The summed E-state index contributed by atoms with van der Waals surface area (Å²) >= 11 is 0. The number of nitrogens with zero attached hydrogens (tertiary/aromatic N) is 5. The largest absolute Gasteiger partial charge is 0.444 e. The van der Waals surface area contributed by atoms with E-state index in [0.29, 0.717) is 49.6 Å². The first-order chi connectivity index (χ1) is 16.7. The van der Waals surface area contributed by atoms with Crippen molar-refractivity contribution in [3.05, 3.63) is 12.7 Å². The van der Waals surface area contributed by atoms with E-state index in [1.54, 1.807) is 52.4 Å². The predicted octanol–water partition coefficient (Wildman–Crippen LogP) is 2.07. The molecule has 0 radical (unpaired) electrons. The summed E-state index contributed by atoms with van der Waals surface area (Å²) in [5, 5.41) is 5.49. The Bertz CT molecular complexity index is 1040. The van der Waals surface area contributed by atoms with E-state index in [1.165, 1.54) is 11.2 Å². The molecular weight excluding hydrogens is 468 g/mol. The fourth-order valence-corrected chi connectivity index (χ4v) is 3.10. The highest BCUT2D eigenvalue weighted by atomic mass is 16.6. The molecule has 4 N–H and O–H groups in total. The molecule has 0 atom stereocenters. The molecule has 0 unspecified atom stereocenters. The number of carbonyl (C=O) groups excluding carboxylic acids is 3. The number of alkyl carbamates (subject to hydrolysis) is 1. The van der Waals surface area contributed by atoms with E-state index in [1.807, 2.05) is 0 Å². The van der Waals surface area contributed by atoms with Gasteiger partial charge in [-0.1, -0.05) is 0 Å². The maximum atomic E-state index is 12.6. The SMILES string of the molecule is CC(C)(C)OC(=O)NCCCN(CCC(=O)NCCn1cnc2c(N)ncnc21)C(=O)OC(C)(C)C. The van der Waals surface area contributed by atoms with E-state index >= 15 is 0 Å². The van der Waals surface area contributed by atoms with Crippen molar-refractivity contribution in [1.82, 2.24) is 35.1 Å². The number of nitrogens with two attached hydrogens (primary N) is 1. The third-order valence-electron chi connectivity index (χ3n) is 4.64. The van der Waals surface area contributed by atoms with Gasteiger partial charge in [0.2, 0.25) is 5.91 Å². The Kier molecular flexibility index (Phi) is 9.82. The molecule has 0 aliphatic carbocycles. The molecule has 0 saturated carbocycles. The molecule has 13 heteroatoms. The van der Waals surface area contributed by atoms with E-state index in [4.69, 9.17) is 15.2 Å². The molecule has 2 aromatic heterocycles. The van der Waals surface area contributed by atoms with Crippen LogP contribution in [-0.4, -0.2) is 79.9 Å². The van der Waals surface area contributed by atoms with Gasteiger partial charge >= 0.3 is 12.2 Å². The van der Waals surface area contributed by atoms with Crippen LogP contribution in [-0.2, 0) is 20.8 Å². The van der Waals surface area contributed by atoms with Gasteiger partial charge < -0.3 is 35.3 Å². The smallest absolute Gasteiger partial charge is 0.410 e. The average Bonchev–Trinajstić information content (AvgIpc) is 3.15. The number of nitrogens with one attached hydrogen (secondary N) is 2. The number of amides is 3. The number of carbonyl (C=O) groups is 3. The Balaban J connectivity index is 1.82. The molecule has 36 heavy (non-hydrogen) atoms. The lowest BCUT2D eigenvalue weighted by atomic mass is 10.2. The summed E-state index contributed by atoms with van der Waals surface area (Å²) in [6, 6.07) is 0. The van der Waals surface area contributed by atoms with Gasteiger partial charge in [0.1, 0.15) is 23.0 Å². The number of fused-ring (bicyclic) bond motifs is 1. The molecule has 200 valence electrons. The molecule has 0 aliphatic rings.